The first-order valence-electron chi connectivity index (χ1n) is 6.56. The Morgan fingerprint density at radius 3 is 1.67 bits per heavy atom. The zero-order valence-electron chi connectivity index (χ0n) is 9.28. The standard InChI is InChI=1S/C13H9NO4/c1-2-4(8-12(17-8)10-6(2)15-10)14-5-3(1)7-11(16-7)13-9(5)18-13/h1,6-13H/t6-,7+,8-,9+,10-,11+,12-,13+. The third-order valence-corrected chi connectivity index (χ3v) is 5.05. The van der Waals surface area contributed by atoms with E-state index in [0.29, 0.717) is 0 Å². The van der Waals surface area contributed by atoms with Crippen LogP contribution in [0.2, 0.25) is 0 Å². The second-order valence-corrected chi connectivity index (χ2v) is 6.02. The molecule has 4 fully saturated rings. The number of rotatable bonds is 0. The van der Waals surface area contributed by atoms with Gasteiger partial charge in [0.2, 0.25) is 0 Å². The van der Waals surface area contributed by atoms with Gasteiger partial charge in [0.25, 0.3) is 0 Å². The second kappa shape index (κ2) is 2.14. The summed E-state index contributed by atoms with van der Waals surface area (Å²) in [5.74, 6) is 0. The van der Waals surface area contributed by atoms with E-state index in [-0.39, 0.29) is 48.8 Å². The quantitative estimate of drug-likeness (QED) is 0.632. The van der Waals surface area contributed by atoms with Gasteiger partial charge in [-0.2, -0.15) is 0 Å². The average Bonchev–Trinajstić information content (AvgIpc) is 3.25. The van der Waals surface area contributed by atoms with E-state index in [4.69, 9.17) is 23.9 Å². The zero-order valence-corrected chi connectivity index (χ0v) is 9.28. The predicted octanol–water partition coefficient (Wildman–Crippen LogP) is 0.868. The molecule has 1 aromatic heterocycles. The summed E-state index contributed by atoms with van der Waals surface area (Å²) in [4.78, 5) is 4.84. The molecule has 0 radical (unpaired) electrons. The molecule has 5 heteroatoms. The van der Waals surface area contributed by atoms with E-state index >= 15 is 0 Å². The summed E-state index contributed by atoms with van der Waals surface area (Å²) < 4.78 is 22.7. The van der Waals surface area contributed by atoms with Crippen molar-refractivity contribution in [2.24, 2.45) is 0 Å². The van der Waals surface area contributed by atoms with E-state index in [1.165, 1.54) is 11.1 Å². The highest BCUT2D eigenvalue weighted by atomic mass is 16.7. The molecular formula is C13H9NO4. The van der Waals surface area contributed by atoms with Crippen LogP contribution in [-0.2, 0) is 18.9 Å². The van der Waals surface area contributed by atoms with Crippen molar-refractivity contribution >= 4 is 0 Å². The number of pyridine rings is 1. The maximum absolute atomic E-state index is 5.70. The fourth-order valence-corrected chi connectivity index (χ4v) is 3.92. The third kappa shape index (κ3) is 0.739. The summed E-state index contributed by atoms with van der Waals surface area (Å²) >= 11 is 0. The van der Waals surface area contributed by atoms with Crippen molar-refractivity contribution < 1.29 is 18.9 Å². The van der Waals surface area contributed by atoms with Crippen LogP contribution >= 0.6 is 0 Å². The van der Waals surface area contributed by atoms with Gasteiger partial charge in [0.05, 0.1) is 11.4 Å². The molecule has 18 heavy (non-hydrogen) atoms. The summed E-state index contributed by atoms with van der Waals surface area (Å²) in [6.45, 7) is 0. The summed E-state index contributed by atoms with van der Waals surface area (Å²) in [6.07, 6.45) is 1.87. The van der Waals surface area contributed by atoms with Crippen LogP contribution < -0.4 is 0 Å². The highest BCUT2D eigenvalue weighted by molar-refractivity contribution is 5.47. The molecule has 4 aliphatic heterocycles. The molecule has 0 amide bonds. The lowest BCUT2D eigenvalue weighted by molar-refractivity contribution is 0.299. The molecule has 6 aliphatic rings. The Morgan fingerprint density at radius 1 is 0.667 bits per heavy atom. The Bertz CT molecular complexity index is 540. The topological polar surface area (TPSA) is 63.0 Å². The SMILES string of the molecule is c1c2c(nc3c1[C@@H]1O[C@@H]1[C@H]1O[C@@H]31)[C@H]1O[C@H]1[C@@H]1O[C@H]21. The summed E-state index contributed by atoms with van der Waals surface area (Å²) in [6, 6.07) is 2.24. The minimum atomic E-state index is 0.170. The van der Waals surface area contributed by atoms with Crippen molar-refractivity contribution in [2.75, 3.05) is 0 Å². The maximum Gasteiger partial charge on any atom is 0.129 e. The number of hydrogen-bond donors (Lipinski definition) is 0. The maximum atomic E-state index is 5.70. The smallest absolute Gasteiger partial charge is 0.129 e. The molecule has 0 N–H and O–H groups in total. The van der Waals surface area contributed by atoms with Gasteiger partial charge in [0.15, 0.2) is 0 Å². The summed E-state index contributed by atoms with van der Waals surface area (Å²) in [5, 5.41) is 0. The molecule has 1 aromatic rings. The van der Waals surface area contributed by atoms with Crippen LogP contribution in [0.5, 0.6) is 0 Å². The van der Waals surface area contributed by atoms with Gasteiger partial charge in [-0.3, -0.25) is 4.98 Å². The van der Waals surface area contributed by atoms with Gasteiger partial charge >= 0.3 is 0 Å². The number of hydrogen-bond acceptors (Lipinski definition) is 5. The minimum absolute atomic E-state index is 0.170. The van der Waals surface area contributed by atoms with Crippen molar-refractivity contribution in [3.05, 3.63) is 28.6 Å². The molecule has 4 saturated heterocycles. The molecule has 0 aromatic carbocycles. The van der Waals surface area contributed by atoms with Gasteiger partial charge in [-0.1, -0.05) is 0 Å². The van der Waals surface area contributed by atoms with Crippen LogP contribution in [0.15, 0.2) is 6.07 Å². The van der Waals surface area contributed by atoms with Gasteiger partial charge in [-0.25, -0.2) is 0 Å². The van der Waals surface area contributed by atoms with E-state index in [0.717, 1.165) is 11.4 Å². The normalized spacial score (nSPS) is 58.2. The van der Waals surface area contributed by atoms with Gasteiger partial charge in [-0.15, -0.1) is 0 Å². The lowest BCUT2D eigenvalue weighted by Crippen LogP contribution is -2.15. The van der Waals surface area contributed by atoms with Gasteiger partial charge < -0.3 is 18.9 Å². The molecule has 0 bridgehead atoms. The number of nitrogens with zero attached hydrogens (tertiary/aromatic N) is 1. The highest BCUT2D eigenvalue weighted by Gasteiger charge is 2.68. The Morgan fingerprint density at radius 2 is 1.11 bits per heavy atom. The van der Waals surface area contributed by atoms with E-state index in [1.54, 1.807) is 0 Å². The van der Waals surface area contributed by atoms with Crippen LogP contribution in [0.3, 0.4) is 0 Å². The summed E-state index contributed by atoms with van der Waals surface area (Å²) in [7, 11) is 0. The lowest BCUT2D eigenvalue weighted by atomic mass is 9.89. The fraction of sp³-hybridized carbons (Fsp3) is 0.615. The molecule has 7 rings (SSSR count). The first-order valence-corrected chi connectivity index (χ1v) is 6.56. The predicted molar refractivity (Wildman–Crippen MR) is 54.7 cm³/mol. The number of fused-ring (bicyclic) bond motifs is 12. The van der Waals surface area contributed by atoms with Crippen molar-refractivity contribution in [1.82, 2.24) is 4.98 Å². The van der Waals surface area contributed by atoms with Crippen LogP contribution in [0.1, 0.15) is 46.9 Å². The van der Waals surface area contributed by atoms with Gasteiger partial charge in [0, 0.05) is 11.1 Å². The zero-order chi connectivity index (χ0) is 11.2. The van der Waals surface area contributed by atoms with Crippen LogP contribution in [0, 0.1) is 0 Å². The van der Waals surface area contributed by atoms with Crippen LogP contribution in [0.25, 0.3) is 0 Å². The van der Waals surface area contributed by atoms with Gasteiger partial charge in [-0.05, 0) is 6.07 Å². The number of aromatic nitrogens is 1. The third-order valence-electron chi connectivity index (χ3n) is 5.05. The molecule has 0 saturated carbocycles. The monoisotopic (exact) mass is 243 g/mol. The first kappa shape index (κ1) is 8.22. The Balaban J connectivity index is 1.52. The van der Waals surface area contributed by atoms with Crippen LogP contribution in [-0.4, -0.2) is 29.4 Å². The average molecular weight is 243 g/mol. The van der Waals surface area contributed by atoms with E-state index in [9.17, 15) is 0 Å². The molecular weight excluding hydrogens is 234 g/mol. The first-order chi connectivity index (χ1) is 8.90. The molecule has 90 valence electrons. The molecule has 5 nitrogen and oxygen atoms in total. The largest absolute Gasteiger partial charge is 0.361 e. The van der Waals surface area contributed by atoms with E-state index < -0.39 is 0 Å². The fourth-order valence-electron chi connectivity index (χ4n) is 3.92. The van der Waals surface area contributed by atoms with Crippen molar-refractivity contribution in [2.45, 2.75) is 48.8 Å². The Kier molecular flexibility index (Phi) is 0.976. The second-order valence-electron chi connectivity index (χ2n) is 6.02. The van der Waals surface area contributed by atoms with Crippen molar-refractivity contribution in [3.63, 3.8) is 0 Å². The Labute approximate surface area is 102 Å². The molecule has 0 unspecified atom stereocenters. The minimum Gasteiger partial charge on any atom is -0.361 e. The number of epoxide rings is 4. The Hall–Kier alpha value is -1.01. The molecule has 0 spiro atoms. The highest BCUT2D eigenvalue weighted by Crippen LogP contribution is 2.64. The van der Waals surface area contributed by atoms with Crippen LogP contribution in [0.4, 0.5) is 0 Å². The van der Waals surface area contributed by atoms with Crippen molar-refractivity contribution in [3.8, 4) is 0 Å². The van der Waals surface area contributed by atoms with E-state index in [1.807, 2.05) is 0 Å². The molecule has 2 aliphatic carbocycles. The molecule has 5 heterocycles. The number of ether oxygens (including phenoxy) is 4. The summed E-state index contributed by atoms with van der Waals surface area (Å²) in [5.41, 5.74) is 4.63. The lowest BCUT2D eigenvalue weighted by Gasteiger charge is -2.14. The van der Waals surface area contributed by atoms with Crippen molar-refractivity contribution in [1.29, 1.82) is 0 Å². The van der Waals surface area contributed by atoms with Gasteiger partial charge in [0.1, 0.15) is 48.8 Å². The molecule has 8 atom stereocenters. The van der Waals surface area contributed by atoms with E-state index in [2.05, 4.69) is 6.07 Å².